The van der Waals surface area contributed by atoms with E-state index in [1.165, 1.54) is 21.4 Å². The second-order valence-electron chi connectivity index (χ2n) is 15.3. The molecule has 2 aliphatic carbocycles. The maximum Gasteiger partial charge on any atom is 0.246 e. The highest BCUT2D eigenvalue weighted by Crippen LogP contribution is 2.65. The number of hydrogen-bond acceptors (Lipinski definition) is 6. The van der Waals surface area contributed by atoms with Crippen molar-refractivity contribution in [3.63, 3.8) is 0 Å². The van der Waals surface area contributed by atoms with Gasteiger partial charge in [0.15, 0.2) is 0 Å². The largest absolute Gasteiger partial charge is 0.508 e. The monoisotopic (exact) mass is 759 g/mol. The van der Waals surface area contributed by atoms with E-state index >= 15 is 4.79 Å². The number of rotatable bonds is 6. The number of phenols is 1. The lowest BCUT2D eigenvalue weighted by Gasteiger charge is -2.50. The van der Waals surface area contributed by atoms with Crippen LogP contribution in [0.5, 0.6) is 5.75 Å². The van der Waals surface area contributed by atoms with Crippen LogP contribution in [0.15, 0.2) is 115 Å². The molecule has 6 atom stereocenters. The average Bonchev–Trinajstić information content (AvgIpc) is 3.57. The van der Waals surface area contributed by atoms with E-state index in [4.69, 9.17) is 23.2 Å². The number of hydrogen-bond donors (Lipinski definition) is 1. The van der Waals surface area contributed by atoms with Gasteiger partial charge in [0.2, 0.25) is 23.6 Å². The summed E-state index contributed by atoms with van der Waals surface area (Å²) in [4.78, 5) is 64.5. The number of fused-ring (bicyclic) bond motifs is 4. The SMILES string of the molecule is O=C1[C@@H]2C[C@@H]3C(=CC[C@@H]4C(=O)N(C5CCN(Cc6ccccc6)CC5)C(=O)[C@@H]43)[C@H](c3cc(Cl)ccc3O)[C@]2(c2ccccc2)C(=O)N1c1cccc(Cl)c1. The van der Waals surface area contributed by atoms with Crippen molar-refractivity contribution < 1.29 is 24.3 Å². The Morgan fingerprint density at radius 2 is 1.44 bits per heavy atom. The quantitative estimate of drug-likeness (QED) is 0.161. The molecule has 1 N–H and O–H groups in total. The molecule has 3 aliphatic heterocycles. The first-order chi connectivity index (χ1) is 26.2. The Hall–Kier alpha value is -4.76. The zero-order valence-electron chi connectivity index (χ0n) is 29.5. The van der Waals surface area contributed by atoms with Crippen LogP contribution in [0.4, 0.5) is 5.69 Å². The van der Waals surface area contributed by atoms with Crippen molar-refractivity contribution in [3.05, 3.63) is 142 Å². The number of nitrogens with zero attached hydrogens (tertiary/aromatic N) is 3. The molecule has 0 spiro atoms. The van der Waals surface area contributed by atoms with E-state index in [0.29, 0.717) is 46.1 Å². The first-order valence-electron chi connectivity index (χ1n) is 18.7. The number of benzene rings is 4. The van der Waals surface area contributed by atoms with E-state index in [1.54, 1.807) is 36.4 Å². The van der Waals surface area contributed by atoms with Gasteiger partial charge in [0.1, 0.15) is 5.75 Å². The zero-order valence-corrected chi connectivity index (χ0v) is 31.0. The predicted octanol–water partition coefficient (Wildman–Crippen LogP) is 7.53. The van der Waals surface area contributed by atoms with Crippen molar-refractivity contribution in [2.45, 2.75) is 49.6 Å². The highest BCUT2D eigenvalue weighted by molar-refractivity contribution is 6.32. The second-order valence-corrected chi connectivity index (χ2v) is 16.2. The zero-order chi connectivity index (χ0) is 37.3. The molecule has 9 rings (SSSR count). The number of carbonyl (C=O) groups excluding carboxylic acids is 4. The fraction of sp³-hybridized carbons (Fsp3) is 0.318. The molecule has 4 fully saturated rings. The van der Waals surface area contributed by atoms with Gasteiger partial charge in [-0.25, -0.2) is 4.90 Å². The molecular formula is C44H39Cl2N3O5. The standard InChI is InChI=1S/C44H39Cl2N3O5/c45-28-12-7-13-31(22-28)49-41(52)36-24-34-32(39(35-23-29(46)14-17-37(35)50)44(36,43(49)54)27-10-5-2-6-11-27)15-16-33-38(34)42(53)48(40(33)51)30-18-20-47(21-19-30)25-26-8-3-1-4-9-26/h1-15,17,22-23,30,33-34,36,38-39,50H,16,18-21,24-25H2/t33-,34+,36-,38-,39+,44+/m0/s1. The molecular weight excluding hydrogens is 721 g/mol. The maximum absolute atomic E-state index is 15.4. The summed E-state index contributed by atoms with van der Waals surface area (Å²) in [6.45, 7) is 2.36. The molecule has 4 aromatic rings. The molecule has 274 valence electrons. The number of allylic oxidation sites excluding steroid dienone is 2. The van der Waals surface area contributed by atoms with Crippen LogP contribution >= 0.6 is 23.2 Å². The van der Waals surface area contributed by atoms with Crippen LogP contribution in [0, 0.1) is 23.7 Å². The normalized spacial score (nSPS) is 28.6. The molecule has 0 aromatic heterocycles. The fourth-order valence-corrected chi connectivity index (χ4v) is 10.8. The van der Waals surface area contributed by atoms with Crippen molar-refractivity contribution in [1.82, 2.24) is 9.80 Å². The number of aromatic hydroxyl groups is 1. The molecule has 8 nitrogen and oxygen atoms in total. The molecule has 1 saturated carbocycles. The first-order valence-corrected chi connectivity index (χ1v) is 19.4. The Bertz CT molecular complexity index is 2200. The first kappa shape index (κ1) is 35.0. The molecule has 3 heterocycles. The Labute approximate surface area is 324 Å². The molecule has 0 unspecified atom stereocenters. The van der Waals surface area contributed by atoms with E-state index in [9.17, 15) is 19.5 Å². The van der Waals surface area contributed by atoms with Crippen molar-refractivity contribution in [2.75, 3.05) is 18.0 Å². The summed E-state index contributed by atoms with van der Waals surface area (Å²) in [7, 11) is 0. The van der Waals surface area contributed by atoms with E-state index < -0.39 is 46.8 Å². The summed E-state index contributed by atoms with van der Waals surface area (Å²) in [5, 5.41) is 12.3. The summed E-state index contributed by atoms with van der Waals surface area (Å²) >= 11 is 13.0. The molecule has 0 bridgehead atoms. The molecule has 3 saturated heterocycles. The summed E-state index contributed by atoms with van der Waals surface area (Å²) in [5.74, 6) is -4.83. The number of carbonyl (C=O) groups is 4. The van der Waals surface area contributed by atoms with Crippen molar-refractivity contribution in [1.29, 1.82) is 0 Å². The van der Waals surface area contributed by atoms with Crippen LogP contribution in [0.3, 0.4) is 0 Å². The van der Waals surface area contributed by atoms with Crippen LogP contribution in [0.1, 0.15) is 48.3 Å². The second kappa shape index (κ2) is 13.5. The van der Waals surface area contributed by atoms with E-state index in [-0.39, 0.29) is 30.0 Å². The number of phenolic OH excluding ortho intramolecular Hbond substituents is 1. The third kappa shape index (κ3) is 5.36. The lowest BCUT2D eigenvalue weighted by molar-refractivity contribution is -0.144. The number of likely N-dealkylation sites (tertiary alicyclic amines) is 2. The van der Waals surface area contributed by atoms with Gasteiger partial charge in [0.25, 0.3) is 0 Å². The van der Waals surface area contributed by atoms with E-state index in [2.05, 4.69) is 17.0 Å². The van der Waals surface area contributed by atoms with Gasteiger partial charge in [-0.2, -0.15) is 0 Å². The van der Waals surface area contributed by atoms with E-state index in [1.807, 2.05) is 54.6 Å². The lowest BCUT2D eigenvalue weighted by Crippen LogP contribution is -2.53. The summed E-state index contributed by atoms with van der Waals surface area (Å²) in [5.41, 5.74) is 1.90. The number of piperidine rings is 1. The van der Waals surface area contributed by atoms with Crippen molar-refractivity contribution >= 4 is 52.5 Å². The van der Waals surface area contributed by atoms with Crippen LogP contribution in [-0.4, -0.2) is 57.7 Å². The summed E-state index contributed by atoms with van der Waals surface area (Å²) < 4.78 is 0. The van der Waals surface area contributed by atoms with Crippen LogP contribution < -0.4 is 4.90 Å². The van der Waals surface area contributed by atoms with Gasteiger partial charge in [-0.15, -0.1) is 0 Å². The molecule has 10 heteroatoms. The van der Waals surface area contributed by atoms with Gasteiger partial charge in [0.05, 0.1) is 28.9 Å². The lowest BCUT2D eigenvalue weighted by atomic mass is 9.49. The van der Waals surface area contributed by atoms with E-state index in [0.717, 1.165) is 25.2 Å². The number of amides is 4. The highest BCUT2D eigenvalue weighted by atomic mass is 35.5. The Kier molecular flexibility index (Phi) is 8.75. The van der Waals surface area contributed by atoms with Crippen LogP contribution in [0.25, 0.3) is 0 Å². The number of imide groups is 2. The Balaban J connectivity index is 1.13. The van der Waals surface area contributed by atoms with Crippen molar-refractivity contribution in [3.8, 4) is 5.75 Å². The van der Waals surface area contributed by atoms with Gasteiger partial charge < -0.3 is 5.11 Å². The minimum atomic E-state index is -1.49. The molecule has 0 radical (unpaired) electrons. The van der Waals surface area contributed by atoms with Gasteiger partial charge in [-0.1, -0.05) is 102 Å². The van der Waals surface area contributed by atoms with Gasteiger partial charge >= 0.3 is 0 Å². The summed E-state index contributed by atoms with van der Waals surface area (Å²) in [6.07, 6.45) is 3.89. The van der Waals surface area contributed by atoms with Gasteiger partial charge in [-0.3, -0.25) is 29.0 Å². The smallest absolute Gasteiger partial charge is 0.246 e. The van der Waals surface area contributed by atoms with Crippen LogP contribution in [-0.2, 0) is 31.1 Å². The number of anilines is 1. The summed E-state index contributed by atoms with van der Waals surface area (Å²) in [6, 6.07) is 30.8. The number of halogens is 2. The Morgan fingerprint density at radius 1 is 0.741 bits per heavy atom. The minimum absolute atomic E-state index is 0.0682. The van der Waals surface area contributed by atoms with Crippen molar-refractivity contribution in [2.24, 2.45) is 23.7 Å². The predicted molar refractivity (Wildman–Crippen MR) is 206 cm³/mol. The molecule has 5 aliphatic rings. The Morgan fingerprint density at radius 3 is 2.17 bits per heavy atom. The average molecular weight is 761 g/mol. The highest BCUT2D eigenvalue weighted by Gasteiger charge is 2.70. The van der Waals surface area contributed by atoms with Gasteiger partial charge in [0, 0.05) is 47.2 Å². The fourth-order valence-electron chi connectivity index (χ4n) is 10.4. The molecule has 4 aromatic carbocycles. The molecule has 54 heavy (non-hydrogen) atoms. The minimum Gasteiger partial charge on any atom is -0.508 e. The van der Waals surface area contributed by atoms with Crippen LogP contribution in [0.2, 0.25) is 10.0 Å². The topological polar surface area (TPSA) is 98.2 Å². The third-order valence-electron chi connectivity index (χ3n) is 12.7. The molecule has 4 amide bonds. The van der Waals surface area contributed by atoms with Gasteiger partial charge in [-0.05, 0) is 79.1 Å². The third-order valence-corrected chi connectivity index (χ3v) is 13.1. The maximum atomic E-state index is 15.4.